The average molecular weight is 311 g/mol. The minimum absolute atomic E-state index is 0.00999. The Balaban J connectivity index is 2.79. The molecule has 0 aromatic heterocycles. The van der Waals surface area contributed by atoms with E-state index >= 15 is 0 Å². The van der Waals surface area contributed by atoms with Crippen molar-refractivity contribution in [2.75, 3.05) is 26.9 Å². The highest BCUT2D eigenvalue weighted by Crippen LogP contribution is 2.11. The van der Waals surface area contributed by atoms with Gasteiger partial charge in [0.1, 0.15) is 0 Å². The number of ether oxygens (including phenoxy) is 1. The summed E-state index contributed by atoms with van der Waals surface area (Å²) in [6.07, 6.45) is 0.365. The molecule has 0 bridgehead atoms. The first kappa shape index (κ1) is 17.7. The van der Waals surface area contributed by atoms with Crippen LogP contribution < -0.4 is 4.72 Å². The van der Waals surface area contributed by atoms with Gasteiger partial charge in [0.15, 0.2) is 0 Å². The van der Waals surface area contributed by atoms with Gasteiger partial charge in [-0.05, 0) is 24.1 Å². The molecule has 0 saturated carbocycles. The van der Waals surface area contributed by atoms with Crippen LogP contribution >= 0.6 is 0 Å². The van der Waals surface area contributed by atoms with E-state index in [2.05, 4.69) is 16.6 Å². The Morgan fingerprint density at radius 1 is 1.43 bits per heavy atom. The molecule has 0 aliphatic heterocycles. The summed E-state index contributed by atoms with van der Waals surface area (Å²) in [7, 11) is -1.97. The topological polar surface area (TPSA) is 75.6 Å². The molecule has 0 saturated heterocycles. The van der Waals surface area contributed by atoms with E-state index in [4.69, 9.17) is 9.84 Å². The highest BCUT2D eigenvalue weighted by atomic mass is 32.2. The average Bonchev–Trinajstić information content (AvgIpc) is 2.46. The minimum atomic E-state index is -3.55. The van der Waals surface area contributed by atoms with E-state index in [1.165, 1.54) is 12.1 Å². The fraction of sp³-hybridized carbons (Fsp3) is 0.467. The lowest BCUT2D eigenvalue weighted by molar-refractivity contribution is 0.161. The summed E-state index contributed by atoms with van der Waals surface area (Å²) in [6, 6.07) is 6.43. The number of methoxy groups -OCH3 is 1. The Morgan fingerprint density at radius 3 is 2.86 bits per heavy atom. The van der Waals surface area contributed by atoms with Gasteiger partial charge in [-0.1, -0.05) is 24.8 Å². The molecule has 1 aromatic carbocycles. The first-order valence-corrected chi connectivity index (χ1v) is 8.16. The van der Waals surface area contributed by atoms with Crippen LogP contribution in [-0.4, -0.2) is 40.4 Å². The summed E-state index contributed by atoms with van der Waals surface area (Å²) in [4.78, 5) is 0.183. The van der Waals surface area contributed by atoms with Crippen LogP contribution in [0.5, 0.6) is 0 Å². The summed E-state index contributed by atoms with van der Waals surface area (Å²) in [5.74, 6) is 5.68. The van der Waals surface area contributed by atoms with Crippen molar-refractivity contribution in [2.24, 2.45) is 5.92 Å². The molecule has 1 unspecified atom stereocenters. The summed E-state index contributed by atoms with van der Waals surface area (Å²) in [6.45, 7) is 2.71. The molecule has 5 nitrogen and oxygen atoms in total. The second-order valence-corrected chi connectivity index (χ2v) is 6.48. The molecule has 0 aliphatic rings. The van der Waals surface area contributed by atoms with Gasteiger partial charge >= 0.3 is 0 Å². The molecule has 116 valence electrons. The smallest absolute Gasteiger partial charge is 0.240 e. The van der Waals surface area contributed by atoms with Gasteiger partial charge in [-0.2, -0.15) is 0 Å². The number of hydrogen-bond donors (Lipinski definition) is 2. The Hall–Kier alpha value is -1.39. The van der Waals surface area contributed by atoms with E-state index in [1.807, 2.05) is 6.92 Å². The molecule has 1 aromatic rings. The van der Waals surface area contributed by atoms with Crippen LogP contribution in [0, 0.1) is 17.8 Å². The van der Waals surface area contributed by atoms with Gasteiger partial charge in [-0.3, -0.25) is 0 Å². The number of sulfonamides is 1. The van der Waals surface area contributed by atoms with E-state index in [1.54, 1.807) is 19.2 Å². The molecule has 2 N–H and O–H groups in total. The fourth-order valence-corrected chi connectivity index (χ4v) is 2.85. The molecule has 6 heteroatoms. The van der Waals surface area contributed by atoms with E-state index in [0.29, 0.717) is 25.1 Å². The predicted molar refractivity (Wildman–Crippen MR) is 81.3 cm³/mol. The molecule has 1 rings (SSSR count). The lowest BCUT2D eigenvalue weighted by atomic mass is 10.2. The zero-order valence-corrected chi connectivity index (χ0v) is 13.1. The monoisotopic (exact) mass is 311 g/mol. The van der Waals surface area contributed by atoms with Gasteiger partial charge in [0.2, 0.25) is 10.0 Å². The number of hydrogen-bond acceptors (Lipinski definition) is 4. The fourth-order valence-electron chi connectivity index (χ4n) is 1.64. The van der Waals surface area contributed by atoms with Gasteiger partial charge in [0, 0.05) is 32.2 Å². The molecule has 0 fully saturated rings. The second-order valence-electron chi connectivity index (χ2n) is 4.72. The highest BCUT2D eigenvalue weighted by molar-refractivity contribution is 7.89. The Morgan fingerprint density at radius 2 is 2.19 bits per heavy atom. The summed E-state index contributed by atoms with van der Waals surface area (Å²) in [5, 5.41) is 8.68. The first-order valence-electron chi connectivity index (χ1n) is 6.68. The molecule has 21 heavy (non-hydrogen) atoms. The van der Waals surface area contributed by atoms with Gasteiger partial charge in [0.05, 0.1) is 11.5 Å². The largest absolute Gasteiger partial charge is 0.395 e. The summed E-state index contributed by atoms with van der Waals surface area (Å²) < 4.78 is 31.9. The van der Waals surface area contributed by atoms with Gasteiger partial charge in [-0.25, -0.2) is 13.1 Å². The van der Waals surface area contributed by atoms with Crippen LogP contribution in [0.15, 0.2) is 29.2 Å². The van der Waals surface area contributed by atoms with Crippen LogP contribution in [0.3, 0.4) is 0 Å². The maximum atomic E-state index is 12.2. The maximum absolute atomic E-state index is 12.2. The SMILES string of the molecule is COCC(C)CNS(=O)(=O)c1cccc(C#CCCO)c1. The lowest BCUT2D eigenvalue weighted by Crippen LogP contribution is -2.30. The third kappa shape index (κ3) is 6.27. The maximum Gasteiger partial charge on any atom is 0.240 e. The molecule has 0 spiro atoms. The third-order valence-corrected chi connectivity index (χ3v) is 4.11. The molecular formula is C15H21NO4S. The van der Waals surface area contributed by atoms with Crippen molar-refractivity contribution in [3.63, 3.8) is 0 Å². The van der Waals surface area contributed by atoms with Crippen LogP contribution in [0.1, 0.15) is 18.9 Å². The second kappa shape index (κ2) is 8.80. The van der Waals surface area contributed by atoms with Gasteiger partial charge < -0.3 is 9.84 Å². The van der Waals surface area contributed by atoms with E-state index < -0.39 is 10.0 Å². The van der Waals surface area contributed by atoms with Crippen molar-refractivity contribution >= 4 is 10.0 Å². The molecule has 1 atom stereocenters. The number of aliphatic hydroxyl groups excluding tert-OH is 1. The molecular weight excluding hydrogens is 290 g/mol. The van der Waals surface area contributed by atoms with Crippen molar-refractivity contribution in [1.29, 1.82) is 0 Å². The van der Waals surface area contributed by atoms with Crippen molar-refractivity contribution in [3.05, 3.63) is 29.8 Å². The Labute approximate surface area is 126 Å². The third-order valence-electron chi connectivity index (χ3n) is 2.69. The molecule has 0 radical (unpaired) electrons. The van der Waals surface area contributed by atoms with Crippen molar-refractivity contribution in [1.82, 2.24) is 4.72 Å². The number of rotatable bonds is 7. The van der Waals surface area contributed by atoms with Gasteiger partial charge in [0.25, 0.3) is 0 Å². The number of benzene rings is 1. The van der Waals surface area contributed by atoms with Gasteiger partial charge in [-0.15, -0.1) is 0 Å². The Bertz CT molecular complexity index is 602. The molecule has 0 aliphatic carbocycles. The number of nitrogens with one attached hydrogen (secondary N) is 1. The highest BCUT2D eigenvalue weighted by Gasteiger charge is 2.15. The first-order chi connectivity index (χ1) is 9.99. The molecule has 0 amide bonds. The zero-order valence-electron chi connectivity index (χ0n) is 12.3. The van der Waals surface area contributed by atoms with Crippen LogP contribution in [-0.2, 0) is 14.8 Å². The quantitative estimate of drug-likeness (QED) is 0.736. The van der Waals surface area contributed by atoms with E-state index in [9.17, 15) is 8.42 Å². The molecule has 0 heterocycles. The minimum Gasteiger partial charge on any atom is -0.395 e. The van der Waals surface area contributed by atoms with Crippen LogP contribution in [0.25, 0.3) is 0 Å². The number of aliphatic hydroxyl groups is 1. The van der Waals surface area contributed by atoms with Crippen molar-refractivity contribution < 1.29 is 18.3 Å². The van der Waals surface area contributed by atoms with E-state index in [-0.39, 0.29) is 17.4 Å². The standard InChI is InChI=1S/C15H21NO4S/c1-13(12-20-2)11-16-21(18,19)15-8-5-7-14(10-15)6-3-4-9-17/h5,7-8,10,13,16-17H,4,9,11-12H2,1-2H3. The summed E-state index contributed by atoms with van der Waals surface area (Å²) in [5.41, 5.74) is 0.608. The predicted octanol–water partition coefficient (Wildman–Crippen LogP) is 0.981. The summed E-state index contributed by atoms with van der Waals surface area (Å²) >= 11 is 0. The Kier molecular flexibility index (Phi) is 7.40. The zero-order chi connectivity index (χ0) is 15.7. The van der Waals surface area contributed by atoms with Crippen molar-refractivity contribution in [2.45, 2.75) is 18.2 Å². The van der Waals surface area contributed by atoms with E-state index in [0.717, 1.165) is 0 Å². The lowest BCUT2D eigenvalue weighted by Gasteiger charge is -2.12. The normalized spacial score (nSPS) is 12.5. The van der Waals surface area contributed by atoms with Crippen LogP contribution in [0.4, 0.5) is 0 Å². The van der Waals surface area contributed by atoms with Crippen molar-refractivity contribution in [3.8, 4) is 11.8 Å². The van der Waals surface area contributed by atoms with Crippen LogP contribution in [0.2, 0.25) is 0 Å².